The van der Waals surface area contributed by atoms with E-state index in [1.807, 2.05) is 47.5 Å². The first kappa shape index (κ1) is 18.1. The van der Waals surface area contributed by atoms with Crippen LogP contribution in [0.25, 0.3) is 0 Å². The Kier molecular flexibility index (Phi) is 4.86. The number of benzene rings is 1. The minimum atomic E-state index is -0.0202. The van der Waals surface area contributed by atoms with Crippen molar-refractivity contribution in [3.63, 3.8) is 0 Å². The van der Waals surface area contributed by atoms with Crippen LogP contribution in [0.1, 0.15) is 52.8 Å². The summed E-state index contributed by atoms with van der Waals surface area (Å²) in [5.41, 5.74) is 4.45. The number of hydrogen-bond donors (Lipinski definition) is 0. The van der Waals surface area contributed by atoms with Gasteiger partial charge in [-0.1, -0.05) is 12.1 Å². The smallest absolute Gasteiger partial charge is 0.294 e. The Morgan fingerprint density at radius 1 is 1.27 bits per heavy atom. The monoisotopic (exact) mass is 387 g/mol. The third-order valence-electron chi connectivity index (χ3n) is 5.33. The molecule has 4 rings (SSSR count). The van der Waals surface area contributed by atoms with E-state index in [9.17, 15) is 4.79 Å². The summed E-state index contributed by atoms with van der Waals surface area (Å²) in [4.78, 5) is 15.2. The minimum absolute atomic E-state index is 0.0202. The fourth-order valence-electron chi connectivity index (χ4n) is 4.16. The number of carbonyl (C=O) groups is 1. The van der Waals surface area contributed by atoms with Crippen molar-refractivity contribution in [3.8, 4) is 0 Å². The second-order valence-corrected chi connectivity index (χ2v) is 10.1. The van der Waals surface area contributed by atoms with Gasteiger partial charge in [0, 0.05) is 41.3 Å². The molecule has 1 aromatic heterocycles. The molecule has 0 bridgehead atoms. The minimum Gasteiger partial charge on any atom is -0.455 e. The molecule has 1 amide bonds. The van der Waals surface area contributed by atoms with Gasteiger partial charge >= 0.3 is 0 Å². The third kappa shape index (κ3) is 2.89. The van der Waals surface area contributed by atoms with Gasteiger partial charge in [-0.3, -0.25) is 4.79 Å². The van der Waals surface area contributed by atoms with Crippen molar-refractivity contribution >= 4 is 35.1 Å². The Morgan fingerprint density at radius 2 is 2.04 bits per heavy atom. The van der Waals surface area contributed by atoms with E-state index in [2.05, 4.69) is 26.0 Å². The van der Waals surface area contributed by atoms with E-state index < -0.39 is 0 Å². The molecule has 1 saturated heterocycles. The van der Waals surface area contributed by atoms with Crippen LogP contribution in [-0.4, -0.2) is 24.0 Å². The van der Waals surface area contributed by atoms with Crippen LogP contribution in [0.4, 0.5) is 5.69 Å². The second kappa shape index (κ2) is 7.01. The van der Waals surface area contributed by atoms with Gasteiger partial charge in [0.25, 0.3) is 5.91 Å². The molecule has 26 heavy (non-hydrogen) atoms. The number of anilines is 1. The zero-order chi connectivity index (χ0) is 18.3. The van der Waals surface area contributed by atoms with Gasteiger partial charge in [-0.05, 0) is 51.3 Å². The van der Waals surface area contributed by atoms with Crippen LogP contribution in [0.2, 0.25) is 0 Å². The maximum absolute atomic E-state index is 13.3. The van der Waals surface area contributed by atoms with E-state index in [1.54, 1.807) is 0 Å². The molecule has 1 aliphatic carbocycles. The number of hydrogen-bond acceptors (Lipinski definition) is 4. The third-order valence-corrected chi connectivity index (χ3v) is 8.86. The van der Waals surface area contributed by atoms with Gasteiger partial charge < -0.3 is 9.32 Å². The normalized spacial score (nSPS) is 18.1. The first-order chi connectivity index (χ1) is 12.6. The van der Waals surface area contributed by atoms with Gasteiger partial charge in [0.15, 0.2) is 5.76 Å². The summed E-state index contributed by atoms with van der Waals surface area (Å²) in [6, 6.07) is 8.11. The Hall–Kier alpha value is -1.33. The van der Waals surface area contributed by atoms with Crippen molar-refractivity contribution in [2.24, 2.45) is 0 Å². The van der Waals surface area contributed by atoms with Crippen molar-refractivity contribution in [1.29, 1.82) is 0 Å². The highest BCUT2D eigenvalue weighted by molar-refractivity contribution is 8.20. The zero-order valence-electron chi connectivity index (χ0n) is 15.6. The lowest BCUT2D eigenvalue weighted by Crippen LogP contribution is -2.31. The number of furan rings is 1. The Balaban J connectivity index is 1.74. The summed E-state index contributed by atoms with van der Waals surface area (Å²) >= 11 is 4.08. The lowest BCUT2D eigenvalue weighted by molar-refractivity contribution is 0.0959. The van der Waals surface area contributed by atoms with Crippen molar-refractivity contribution < 1.29 is 9.21 Å². The largest absolute Gasteiger partial charge is 0.455 e. The van der Waals surface area contributed by atoms with Gasteiger partial charge in [-0.25, -0.2) is 0 Å². The molecular formula is C21H25NO2S2. The Morgan fingerprint density at radius 3 is 2.73 bits per heavy atom. The number of carbonyl (C=O) groups excluding carboxylic acids is 1. The van der Waals surface area contributed by atoms with E-state index in [0.29, 0.717) is 12.3 Å². The zero-order valence-corrected chi connectivity index (χ0v) is 17.3. The number of fused-ring (bicyclic) bond motifs is 2. The van der Waals surface area contributed by atoms with Crippen molar-refractivity contribution in [2.45, 2.75) is 44.1 Å². The van der Waals surface area contributed by atoms with Crippen molar-refractivity contribution in [3.05, 3.63) is 52.5 Å². The molecule has 0 N–H and O–H groups in total. The highest BCUT2D eigenvalue weighted by Crippen LogP contribution is 2.59. The van der Waals surface area contributed by atoms with Crippen LogP contribution in [0.15, 0.2) is 28.7 Å². The summed E-state index contributed by atoms with van der Waals surface area (Å²) in [7, 11) is 0. The summed E-state index contributed by atoms with van der Waals surface area (Å²) in [5.74, 6) is 3.92. The van der Waals surface area contributed by atoms with Gasteiger partial charge in [-0.2, -0.15) is 0 Å². The molecule has 138 valence electrons. The lowest BCUT2D eigenvalue weighted by atomic mass is 9.94. The van der Waals surface area contributed by atoms with E-state index in [0.717, 1.165) is 35.4 Å². The van der Waals surface area contributed by atoms with Crippen LogP contribution in [0, 0.1) is 13.8 Å². The summed E-state index contributed by atoms with van der Waals surface area (Å²) in [5, 5.41) is 0. The van der Waals surface area contributed by atoms with E-state index in [1.165, 1.54) is 23.5 Å². The fraction of sp³-hybridized carbons (Fsp3) is 0.476. The maximum Gasteiger partial charge on any atom is 0.294 e. The molecule has 3 nitrogen and oxygen atoms in total. The molecule has 0 radical (unpaired) electrons. The van der Waals surface area contributed by atoms with E-state index in [-0.39, 0.29) is 9.99 Å². The first-order valence-corrected chi connectivity index (χ1v) is 11.3. The molecule has 1 aromatic carbocycles. The van der Waals surface area contributed by atoms with Gasteiger partial charge in [-0.15, -0.1) is 23.5 Å². The quantitative estimate of drug-likeness (QED) is 0.693. The molecule has 1 aliphatic heterocycles. The van der Waals surface area contributed by atoms with E-state index >= 15 is 0 Å². The predicted octanol–water partition coefficient (Wildman–Crippen LogP) is 5.53. The summed E-state index contributed by atoms with van der Waals surface area (Å²) in [6.07, 6.45) is 3.27. The summed E-state index contributed by atoms with van der Waals surface area (Å²) in [6.45, 7) is 6.77. The number of aryl methyl sites for hydroxylation is 2. The number of nitrogens with zero attached hydrogens (tertiary/aromatic N) is 1. The first-order valence-electron chi connectivity index (χ1n) is 9.35. The van der Waals surface area contributed by atoms with Crippen LogP contribution in [0.3, 0.4) is 0 Å². The number of thioether (sulfide) groups is 2. The van der Waals surface area contributed by atoms with Crippen molar-refractivity contribution in [2.75, 3.05) is 23.0 Å². The Bertz CT molecular complexity index is 837. The standard InChI is InChI=1S/C21H25NO2S2/c1-4-22(16-8-5-7-14(2)13-16)20(23)19-15(3)18-17(24-19)9-6-10-21(18)25-11-12-26-21/h5,7-8,13H,4,6,9-12H2,1-3H3. The maximum atomic E-state index is 13.3. The molecule has 2 aliphatic rings. The highest BCUT2D eigenvalue weighted by Gasteiger charge is 2.45. The van der Waals surface area contributed by atoms with E-state index in [4.69, 9.17) is 4.42 Å². The van der Waals surface area contributed by atoms with Crippen LogP contribution < -0.4 is 4.90 Å². The molecule has 1 spiro atoms. The molecule has 0 saturated carbocycles. The molecule has 2 aromatic rings. The van der Waals surface area contributed by atoms with Crippen LogP contribution in [0.5, 0.6) is 0 Å². The molecule has 0 unspecified atom stereocenters. The molecule has 0 atom stereocenters. The average Bonchev–Trinajstić information content (AvgIpc) is 3.22. The van der Waals surface area contributed by atoms with Crippen LogP contribution >= 0.6 is 23.5 Å². The van der Waals surface area contributed by atoms with Crippen molar-refractivity contribution in [1.82, 2.24) is 0 Å². The topological polar surface area (TPSA) is 33.5 Å². The molecular weight excluding hydrogens is 362 g/mol. The average molecular weight is 388 g/mol. The lowest BCUT2D eigenvalue weighted by Gasteiger charge is -2.31. The predicted molar refractivity (Wildman–Crippen MR) is 112 cm³/mol. The van der Waals surface area contributed by atoms with Crippen LogP contribution in [-0.2, 0) is 10.5 Å². The SMILES string of the molecule is CCN(C(=O)c1oc2c(c1C)C1(CCC2)SCCS1)c1cccc(C)c1. The highest BCUT2D eigenvalue weighted by atomic mass is 32.2. The molecule has 5 heteroatoms. The number of amides is 1. The molecule has 1 fully saturated rings. The second-order valence-electron chi connectivity index (χ2n) is 7.05. The Labute approximate surface area is 163 Å². The summed E-state index contributed by atoms with van der Waals surface area (Å²) < 4.78 is 6.31. The molecule has 2 heterocycles. The fourth-order valence-corrected chi connectivity index (χ4v) is 7.72. The van der Waals surface area contributed by atoms with Gasteiger partial charge in [0.1, 0.15) is 5.76 Å². The number of rotatable bonds is 3. The van der Waals surface area contributed by atoms with Gasteiger partial charge in [0.2, 0.25) is 0 Å². The van der Waals surface area contributed by atoms with Gasteiger partial charge in [0.05, 0.1) is 4.08 Å².